The van der Waals surface area contributed by atoms with E-state index in [4.69, 9.17) is 9.47 Å². The van der Waals surface area contributed by atoms with Crippen molar-refractivity contribution >= 4 is 11.9 Å². The summed E-state index contributed by atoms with van der Waals surface area (Å²) in [5.41, 5.74) is -0.0103. The van der Waals surface area contributed by atoms with Crippen molar-refractivity contribution in [3.63, 3.8) is 0 Å². The zero-order chi connectivity index (χ0) is 14.8. The van der Waals surface area contributed by atoms with E-state index in [1.165, 1.54) is 26.6 Å². The molecule has 1 saturated carbocycles. The predicted octanol–water partition coefficient (Wildman–Crippen LogP) is 2.12. The van der Waals surface area contributed by atoms with Gasteiger partial charge in [-0.2, -0.15) is 0 Å². The Bertz CT molecular complexity index is 467. The van der Waals surface area contributed by atoms with Crippen molar-refractivity contribution in [2.45, 2.75) is 38.2 Å². The first-order valence-corrected chi connectivity index (χ1v) is 6.79. The van der Waals surface area contributed by atoms with Crippen molar-refractivity contribution in [2.75, 3.05) is 14.2 Å². The molecule has 1 heterocycles. The van der Waals surface area contributed by atoms with E-state index in [2.05, 4.69) is 11.7 Å². The van der Waals surface area contributed by atoms with E-state index in [1.807, 2.05) is 0 Å². The van der Waals surface area contributed by atoms with Gasteiger partial charge < -0.3 is 14.2 Å². The van der Waals surface area contributed by atoms with Gasteiger partial charge in [-0.05, 0) is 37.7 Å². The van der Waals surface area contributed by atoms with E-state index in [1.54, 1.807) is 0 Å². The summed E-state index contributed by atoms with van der Waals surface area (Å²) >= 11 is 0. The van der Waals surface area contributed by atoms with Crippen LogP contribution in [0.15, 0.2) is 23.5 Å². The van der Waals surface area contributed by atoms with Crippen molar-refractivity contribution in [1.82, 2.24) is 0 Å². The summed E-state index contributed by atoms with van der Waals surface area (Å²) < 4.78 is 15.3. The van der Waals surface area contributed by atoms with Crippen molar-refractivity contribution in [3.8, 4) is 0 Å². The van der Waals surface area contributed by atoms with Crippen molar-refractivity contribution in [1.29, 1.82) is 0 Å². The molecule has 110 valence electrons. The minimum atomic E-state index is -0.656. The molecule has 1 spiro atoms. The third-order valence-electron chi connectivity index (χ3n) is 4.11. The maximum atomic E-state index is 12.0. The Morgan fingerprint density at radius 2 is 1.80 bits per heavy atom. The number of ether oxygens (including phenoxy) is 3. The zero-order valence-corrected chi connectivity index (χ0v) is 12.1. The molecule has 0 aromatic rings. The lowest BCUT2D eigenvalue weighted by molar-refractivity contribution is -0.140. The summed E-state index contributed by atoms with van der Waals surface area (Å²) in [5, 5.41) is 0. The molecule has 20 heavy (non-hydrogen) atoms. The summed E-state index contributed by atoms with van der Waals surface area (Å²) in [6, 6.07) is 0. The van der Waals surface area contributed by atoms with Gasteiger partial charge in [-0.3, -0.25) is 0 Å². The van der Waals surface area contributed by atoms with Crippen LogP contribution in [0.2, 0.25) is 0 Å². The molecule has 1 aliphatic carbocycles. The minimum absolute atomic E-state index is 0.233. The fraction of sp³-hybridized carbons (Fsp3) is 0.600. The van der Waals surface area contributed by atoms with Gasteiger partial charge in [0.25, 0.3) is 0 Å². The maximum absolute atomic E-state index is 12.0. The molecule has 0 aromatic carbocycles. The highest BCUT2D eigenvalue weighted by Crippen LogP contribution is 2.43. The maximum Gasteiger partial charge on any atom is 0.341 e. The van der Waals surface area contributed by atoms with Gasteiger partial charge in [-0.1, -0.05) is 6.92 Å². The number of rotatable bonds is 2. The van der Waals surface area contributed by atoms with E-state index in [0.29, 0.717) is 11.5 Å². The van der Waals surface area contributed by atoms with Gasteiger partial charge in [0.15, 0.2) is 0 Å². The predicted molar refractivity (Wildman–Crippen MR) is 71.6 cm³/mol. The van der Waals surface area contributed by atoms with Gasteiger partial charge in [-0.25, -0.2) is 9.59 Å². The summed E-state index contributed by atoms with van der Waals surface area (Å²) in [6.45, 7) is 2.19. The van der Waals surface area contributed by atoms with Crippen LogP contribution in [-0.2, 0) is 23.8 Å². The highest BCUT2D eigenvalue weighted by Gasteiger charge is 2.45. The highest BCUT2D eigenvalue weighted by molar-refractivity contribution is 5.98. The van der Waals surface area contributed by atoms with Crippen LogP contribution in [0, 0.1) is 5.92 Å². The molecule has 0 amide bonds. The molecule has 0 bridgehead atoms. The first-order chi connectivity index (χ1) is 9.52. The second-order valence-corrected chi connectivity index (χ2v) is 5.41. The highest BCUT2D eigenvalue weighted by atomic mass is 16.5. The lowest BCUT2D eigenvalue weighted by atomic mass is 9.74. The number of hydrogen-bond acceptors (Lipinski definition) is 5. The standard InChI is InChI=1S/C15H20O5/c1-10-4-6-15(7-5-10)12(14(17)19-3)8-11(9-20-15)13(16)18-2/h8-10H,4-7H2,1-3H3. The monoisotopic (exact) mass is 280 g/mol. The van der Waals surface area contributed by atoms with Crippen LogP contribution in [0.4, 0.5) is 0 Å². The van der Waals surface area contributed by atoms with Crippen LogP contribution >= 0.6 is 0 Å². The molecule has 0 saturated heterocycles. The van der Waals surface area contributed by atoms with Gasteiger partial charge in [-0.15, -0.1) is 0 Å². The molecule has 5 heteroatoms. The van der Waals surface area contributed by atoms with E-state index in [0.717, 1.165) is 25.7 Å². The Labute approximate surface area is 118 Å². The Hall–Kier alpha value is -1.78. The van der Waals surface area contributed by atoms with Crippen LogP contribution in [0.25, 0.3) is 0 Å². The van der Waals surface area contributed by atoms with Gasteiger partial charge in [0, 0.05) is 0 Å². The number of carbonyl (C=O) groups is 2. The number of carbonyl (C=O) groups excluding carboxylic acids is 2. The fourth-order valence-corrected chi connectivity index (χ4v) is 2.76. The summed E-state index contributed by atoms with van der Waals surface area (Å²) in [5.74, 6) is -0.353. The summed E-state index contributed by atoms with van der Waals surface area (Å²) in [6.07, 6.45) is 6.40. The van der Waals surface area contributed by atoms with Gasteiger partial charge in [0.2, 0.25) is 0 Å². The largest absolute Gasteiger partial charge is 0.489 e. The molecule has 1 fully saturated rings. The number of esters is 2. The molecule has 1 aliphatic heterocycles. The summed E-state index contributed by atoms with van der Waals surface area (Å²) in [4.78, 5) is 23.6. The number of methoxy groups -OCH3 is 2. The molecular formula is C15H20O5. The van der Waals surface area contributed by atoms with Gasteiger partial charge >= 0.3 is 11.9 Å². The summed E-state index contributed by atoms with van der Waals surface area (Å²) in [7, 11) is 2.62. The minimum Gasteiger partial charge on any atom is -0.489 e. The van der Waals surface area contributed by atoms with Crippen LogP contribution in [0.5, 0.6) is 0 Å². The average molecular weight is 280 g/mol. The molecule has 2 aliphatic rings. The van der Waals surface area contributed by atoms with Crippen LogP contribution in [0.1, 0.15) is 32.6 Å². The fourth-order valence-electron chi connectivity index (χ4n) is 2.76. The molecule has 0 N–H and O–H groups in total. The Morgan fingerprint density at radius 1 is 1.20 bits per heavy atom. The molecular weight excluding hydrogens is 260 g/mol. The lowest BCUT2D eigenvalue weighted by Gasteiger charge is -2.41. The Balaban J connectivity index is 2.32. The quantitative estimate of drug-likeness (QED) is 0.725. The van der Waals surface area contributed by atoms with Crippen molar-refractivity contribution < 1.29 is 23.8 Å². The number of hydrogen-bond donors (Lipinski definition) is 0. The topological polar surface area (TPSA) is 61.8 Å². The van der Waals surface area contributed by atoms with Crippen LogP contribution in [-0.4, -0.2) is 31.8 Å². The van der Waals surface area contributed by atoms with Crippen LogP contribution in [0.3, 0.4) is 0 Å². The SMILES string of the molecule is COC(=O)C1=COC2(CCC(C)CC2)C(C(=O)OC)=C1. The Morgan fingerprint density at radius 3 is 2.35 bits per heavy atom. The van der Waals surface area contributed by atoms with Crippen molar-refractivity contribution in [3.05, 3.63) is 23.5 Å². The Kier molecular flexibility index (Phi) is 4.16. The lowest BCUT2D eigenvalue weighted by Crippen LogP contribution is -2.42. The van der Waals surface area contributed by atoms with Crippen LogP contribution < -0.4 is 0 Å². The molecule has 5 nitrogen and oxygen atoms in total. The van der Waals surface area contributed by atoms with E-state index in [9.17, 15) is 9.59 Å². The van der Waals surface area contributed by atoms with E-state index >= 15 is 0 Å². The third-order valence-corrected chi connectivity index (χ3v) is 4.11. The second-order valence-electron chi connectivity index (χ2n) is 5.41. The molecule has 0 radical (unpaired) electrons. The first kappa shape index (κ1) is 14.6. The van der Waals surface area contributed by atoms with E-state index in [-0.39, 0.29) is 5.57 Å². The van der Waals surface area contributed by atoms with Gasteiger partial charge in [0.1, 0.15) is 5.60 Å². The molecule has 0 aromatic heterocycles. The zero-order valence-electron chi connectivity index (χ0n) is 12.1. The first-order valence-electron chi connectivity index (χ1n) is 6.79. The second kappa shape index (κ2) is 5.69. The normalized spacial score (nSPS) is 29.1. The average Bonchev–Trinajstić information content (AvgIpc) is 2.49. The van der Waals surface area contributed by atoms with Crippen molar-refractivity contribution in [2.24, 2.45) is 5.92 Å². The third kappa shape index (κ3) is 2.57. The smallest absolute Gasteiger partial charge is 0.341 e. The molecule has 0 unspecified atom stereocenters. The molecule has 0 atom stereocenters. The molecule has 2 rings (SSSR count). The van der Waals surface area contributed by atoms with E-state index < -0.39 is 17.5 Å². The van der Waals surface area contributed by atoms with Gasteiger partial charge in [0.05, 0.1) is 31.6 Å².